The standard InChI is InChI=1S/C14H14Cl2N2O/c1-8-3-13(16)14(7-12(8)15)18-10-4-9(17)5-11(6-10)19-2/h3-7,18H,17H2,1-2H3. The van der Waals surface area contributed by atoms with Crippen LogP contribution >= 0.6 is 23.2 Å². The molecule has 19 heavy (non-hydrogen) atoms. The molecule has 0 saturated heterocycles. The van der Waals surface area contributed by atoms with Gasteiger partial charge in [0.25, 0.3) is 0 Å². The topological polar surface area (TPSA) is 47.3 Å². The zero-order valence-electron chi connectivity index (χ0n) is 10.6. The fourth-order valence-corrected chi connectivity index (χ4v) is 2.14. The molecule has 0 spiro atoms. The SMILES string of the molecule is COc1cc(N)cc(Nc2cc(Cl)c(C)cc2Cl)c1. The highest BCUT2D eigenvalue weighted by molar-refractivity contribution is 6.35. The Hall–Kier alpha value is -1.58. The van der Waals surface area contributed by atoms with Crippen LogP contribution in [0.1, 0.15) is 5.56 Å². The van der Waals surface area contributed by atoms with Gasteiger partial charge in [-0.15, -0.1) is 0 Å². The van der Waals surface area contributed by atoms with Gasteiger partial charge in [-0.1, -0.05) is 23.2 Å². The second kappa shape index (κ2) is 5.59. The third kappa shape index (κ3) is 3.25. The Morgan fingerprint density at radius 3 is 2.47 bits per heavy atom. The van der Waals surface area contributed by atoms with Crippen LogP contribution < -0.4 is 15.8 Å². The van der Waals surface area contributed by atoms with Crippen molar-refractivity contribution in [3.8, 4) is 5.75 Å². The molecule has 0 aliphatic carbocycles. The molecular weight excluding hydrogens is 283 g/mol. The zero-order valence-corrected chi connectivity index (χ0v) is 12.1. The average molecular weight is 297 g/mol. The predicted octanol–water partition coefficient (Wildman–Crippen LogP) is 4.64. The number of methoxy groups -OCH3 is 1. The summed E-state index contributed by atoms with van der Waals surface area (Å²) in [6.45, 7) is 1.90. The first-order valence-electron chi connectivity index (χ1n) is 5.67. The molecule has 3 nitrogen and oxygen atoms in total. The number of halogens is 2. The van der Waals surface area contributed by atoms with Crippen LogP contribution in [-0.2, 0) is 0 Å². The number of benzene rings is 2. The van der Waals surface area contributed by atoms with Gasteiger partial charge < -0.3 is 15.8 Å². The van der Waals surface area contributed by atoms with Crippen molar-refractivity contribution in [2.45, 2.75) is 6.92 Å². The largest absolute Gasteiger partial charge is 0.497 e. The molecule has 0 amide bonds. The quantitative estimate of drug-likeness (QED) is 0.812. The summed E-state index contributed by atoms with van der Waals surface area (Å²) in [5.41, 5.74) is 8.86. The van der Waals surface area contributed by atoms with Gasteiger partial charge >= 0.3 is 0 Å². The number of aryl methyl sites for hydroxylation is 1. The van der Waals surface area contributed by atoms with E-state index in [2.05, 4.69) is 5.32 Å². The normalized spacial score (nSPS) is 10.3. The molecule has 0 unspecified atom stereocenters. The number of hydrogen-bond donors (Lipinski definition) is 2. The minimum Gasteiger partial charge on any atom is -0.497 e. The van der Waals surface area contributed by atoms with Gasteiger partial charge in [-0.25, -0.2) is 0 Å². The van der Waals surface area contributed by atoms with E-state index in [1.165, 1.54) is 0 Å². The Morgan fingerprint density at radius 1 is 1.05 bits per heavy atom. The highest BCUT2D eigenvalue weighted by atomic mass is 35.5. The van der Waals surface area contributed by atoms with Crippen molar-refractivity contribution < 1.29 is 4.74 Å². The molecule has 2 aromatic carbocycles. The molecule has 0 radical (unpaired) electrons. The lowest BCUT2D eigenvalue weighted by atomic mass is 10.2. The number of rotatable bonds is 3. The summed E-state index contributed by atoms with van der Waals surface area (Å²) in [4.78, 5) is 0. The Labute approximate surface area is 122 Å². The molecule has 0 aliphatic heterocycles. The van der Waals surface area contributed by atoms with Gasteiger partial charge in [0, 0.05) is 28.5 Å². The molecule has 0 aromatic heterocycles. The Balaban J connectivity index is 2.36. The minimum atomic E-state index is 0.600. The van der Waals surface area contributed by atoms with Crippen LogP contribution in [0.3, 0.4) is 0 Å². The summed E-state index contributed by atoms with van der Waals surface area (Å²) in [6, 6.07) is 8.98. The van der Waals surface area contributed by atoms with Gasteiger partial charge in [-0.2, -0.15) is 0 Å². The van der Waals surface area contributed by atoms with E-state index in [9.17, 15) is 0 Å². The zero-order chi connectivity index (χ0) is 14.0. The lowest BCUT2D eigenvalue weighted by Gasteiger charge is -2.12. The van der Waals surface area contributed by atoms with Gasteiger partial charge in [0.15, 0.2) is 0 Å². The van der Waals surface area contributed by atoms with E-state index in [0.717, 1.165) is 16.9 Å². The average Bonchev–Trinajstić information content (AvgIpc) is 2.35. The van der Waals surface area contributed by atoms with Crippen molar-refractivity contribution in [2.75, 3.05) is 18.2 Å². The van der Waals surface area contributed by atoms with Crippen LogP contribution in [0.4, 0.5) is 17.1 Å². The first-order chi connectivity index (χ1) is 8.99. The molecule has 2 rings (SSSR count). The molecule has 0 aliphatic rings. The van der Waals surface area contributed by atoms with Crippen LogP contribution in [0, 0.1) is 6.92 Å². The van der Waals surface area contributed by atoms with Crippen LogP contribution in [0.5, 0.6) is 5.75 Å². The Bertz CT molecular complexity index is 615. The molecule has 0 saturated carbocycles. The maximum Gasteiger partial charge on any atom is 0.122 e. The molecule has 0 bridgehead atoms. The monoisotopic (exact) mass is 296 g/mol. The number of nitrogen functional groups attached to an aromatic ring is 1. The van der Waals surface area contributed by atoms with E-state index >= 15 is 0 Å². The molecule has 0 heterocycles. The van der Waals surface area contributed by atoms with Crippen molar-refractivity contribution >= 4 is 40.3 Å². The van der Waals surface area contributed by atoms with Crippen molar-refractivity contribution in [3.05, 3.63) is 45.9 Å². The van der Waals surface area contributed by atoms with E-state index in [0.29, 0.717) is 21.5 Å². The van der Waals surface area contributed by atoms with Crippen LogP contribution in [0.25, 0.3) is 0 Å². The number of hydrogen-bond acceptors (Lipinski definition) is 3. The van der Waals surface area contributed by atoms with Gasteiger partial charge in [-0.3, -0.25) is 0 Å². The van der Waals surface area contributed by atoms with Crippen LogP contribution in [0.2, 0.25) is 10.0 Å². The van der Waals surface area contributed by atoms with E-state index in [1.807, 2.05) is 19.1 Å². The summed E-state index contributed by atoms with van der Waals surface area (Å²) in [5, 5.41) is 4.44. The van der Waals surface area contributed by atoms with Crippen LogP contribution in [0.15, 0.2) is 30.3 Å². The molecule has 100 valence electrons. The van der Waals surface area contributed by atoms with Crippen molar-refractivity contribution in [2.24, 2.45) is 0 Å². The van der Waals surface area contributed by atoms with Crippen molar-refractivity contribution in [1.82, 2.24) is 0 Å². The first kappa shape index (κ1) is 13.8. The first-order valence-corrected chi connectivity index (χ1v) is 6.42. The third-order valence-corrected chi connectivity index (χ3v) is 3.41. The van der Waals surface area contributed by atoms with E-state index in [1.54, 1.807) is 25.3 Å². The molecule has 0 fully saturated rings. The second-order valence-corrected chi connectivity index (χ2v) is 5.02. The fourth-order valence-electron chi connectivity index (χ4n) is 1.71. The lowest BCUT2D eigenvalue weighted by Crippen LogP contribution is -1.95. The minimum absolute atomic E-state index is 0.600. The highest BCUT2D eigenvalue weighted by Gasteiger charge is 2.06. The molecular formula is C14H14Cl2N2O. The fraction of sp³-hybridized carbons (Fsp3) is 0.143. The number of nitrogens with one attached hydrogen (secondary N) is 1. The summed E-state index contributed by atoms with van der Waals surface area (Å²) < 4.78 is 5.17. The summed E-state index contributed by atoms with van der Waals surface area (Å²) in [7, 11) is 1.59. The van der Waals surface area contributed by atoms with Crippen molar-refractivity contribution in [1.29, 1.82) is 0 Å². The highest BCUT2D eigenvalue weighted by Crippen LogP contribution is 2.32. The van der Waals surface area contributed by atoms with Gasteiger partial charge in [0.05, 0.1) is 17.8 Å². The third-order valence-electron chi connectivity index (χ3n) is 2.69. The molecule has 5 heteroatoms. The van der Waals surface area contributed by atoms with E-state index in [-0.39, 0.29) is 0 Å². The maximum absolute atomic E-state index is 6.18. The lowest BCUT2D eigenvalue weighted by molar-refractivity contribution is 0.415. The Morgan fingerprint density at radius 2 is 1.79 bits per heavy atom. The molecule has 0 atom stereocenters. The summed E-state index contributed by atoms with van der Waals surface area (Å²) in [5.74, 6) is 0.678. The summed E-state index contributed by atoms with van der Waals surface area (Å²) in [6.07, 6.45) is 0. The maximum atomic E-state index is 6.18. The smallest absolute Gasteiger partial charge is 0.122 e. The second-order valence-electron chi connectivity index (χ2n) is 4.20. The molecule has 3 N–H and O–H groups in total. The van der Waals surface area contributed by atoms with Gasteiger partial charge in [0.1, 0.15) is 5.75 Å². The van der Waals surface area contributed by atoms with Crippen LogP contribution in [-0.4, -0.2) is 7.11 Å². The van der Waals surface area contributed by atoms with Gasteiger partial charge in [0.2, 0.25) is 0 Å². The summed E-state index contributed by atoms with van der Waals surface area (Å²) >= 11 is 12.3. The molecule has 2 aromatic rings. The Kier molecular flexibility index (Phi) is 4.08. The van der Waals surface area contributed by atoms with E-state index < -0.39 is 0 Å². The number of nitrogens with two attached hydrogens (primary N) is 1. The number of anilines is 3. The van der Waals surface area contributed by atoms with E-state index in [4.69, 9.17) is 33.7 Å². The predicted molar refractivity (Wildman–Crippen MR) is 81.9 cm³/mol. The van der Waals surface area contributed by atoms with Crippen molar-refractivity contribution in [3.63, 3.8) is 0 Å². The van der Waals surface area contributed by atoms with Gasteiger partial charge in [-0.05, 0) is 30.7 Å². The number of ether oxygens (including phenoxy) is 1.